The van der Waals surface area contributed by atoms with Crippen LogP contribution in [0.1, 0.15) is 26.7 Å². The van der Waals surface area contributed by atoms with E-state index in [0.717, 1.165) is 12.8 Å². The summed E-state index contributed by atoms with van der Waals surface area (Å²) in [5, 5.41) is 11.7. The van der Waals surface area contributed by atoms with Crippen LogP contribution in [0.4, 0.5) is 4.79 Å². The van der Waals surface area contributed by atoms with Crippen molar-refractivity contribution in [3.8, 4) is 0 Å². The van der Waals surface area contributed by atoms with Crippen LogP contribution in [0, 0.1) is 5.92 Å². The second kappa shape index (κ2) is 6.75. The van der Waals surface area contributed by atoms with Gasteiger partial charge in [-0.05, 0) is 32.9 Å². The maximum atomic E-state index is 12.1. The van der Waals surface area contributed by atoms with Gasteiger partial charge in [-0.3, -0.25) is 0 Å². The summed E-state index contributed by atoms with van der Waals surface area (Å²) < 4.78 is 0. The summed E-state index contributed by atoms with van der Waals surface area (Å²) >= 11 is 0. The van der Waals surface area contributed by atoms with Gasteiger partial charge in [0.1, 0.15) is 6.04 Å². The molecule has 2 unspecified atom stereocenters. The van der Waals surface area contributed by atoms with Crippen molar-refractivity contribution >= 4 is 12.0 Å². The first-order valence-corrected chi connectivity index (χ1v) is 6.77. The van der Waals surface area contributed by atoms with Gasteiger partial charge in [0.2, 0.25) is 0 Å². The van der Waals surface area contributed by atoms with Crippen LogP contribution in [-0.2, 0) is 4.79 Å². The third-order valence-electron chi connectivity index (χ3n) is 3.63. The number of likely N-dealkylation sites (tertiary alicyclic amines) is 1. The predicted octanol–water partition coefficient (Wildman–Crippen LogP) is 0.831. The number of hydrogen-bond acceptors (Lipinski definition) is 3. The van der Waals surface area contributed by atoms with Crippen molar-refractivity contribution in [1.29, 1.82) is 0 Å². The summed E-state index contributed by atoms with van der Waals surface area (Å²) in [7, 11) is 4.00. The Morgan fingerprint density at radius 3 is 2.47 bits per heavy atom. The summed E-state index contributed by atoms with van der Waals surface area (Å²) in [4.78, 5) is 27.0. The van der Waals surface area contributed by atoms with Crippen LogP contribution in [-0.4, -0.2) is 66.2 Å². The van der Waals surface area contributed by atoms with Crippen LogP contribution in [0.5, 0.6) is 0 Å². The standard InChI is InChI=1S/C13H25N3O3/c1-9(2)11(12(17)18)14-13(19)16-7-5-6-10(8-16)15(3)4/h9-11H,5-8H2,1-4H3,(H,14,19)(H,17,18). The molecule has 2 amide bonds. The number of carbonyl (C=O) groups is 2. The summed E-state index contributed by atoms with van der Waals surface area (Å²) in [5.41, 5.74) is 0. The van der Waals surface area contributed by atoms with Gasteiger partial charge in [-0.25, -0.2) is 9.59 Å². The number of likely N-dealkylation sites (N-methyl/N-ethyl adjacent to an activating group) is 1. The van der Waals surface area contributed by atoms with Crippen LogP contribution < -0.4 is 5.32 Å². The number of urea groups is 1. The zero-order valence-corrected chi connectivity index (χ0v) is 12.2. The maximum absolute atomic E-state index is 12.1. The molecule has 1 rings (SSSR count). The molecule has 0 spiro atoms. The molecule has 2 atom stereocenters. The fourth-order valence-corrected chi connectivity index (χ4v) is 2.30. The minimum atomic E-state index is -0.982. The van der Waals surface area contributed by atoms with Crippen molar-refractivity contribution in [1.82, 2.24) is 15.1 Å². The van der Waals surface area contributed by atoms with Gasteiger partial charge in [-0.1, -0.05) is 13.8 Å². The van der Waals surface area contributed by atoms with Crippen LogP contribution in [0.15, 0.2) is 0 Å². The van der Waals surface area contributed by atoms with Gasteiger partial charge in [-0.15, -0.1) is 0 Å². The Balaban J connectivity index is 2.59. The maximum Gasteiger partial charge on any atom is 0.326 e. The number of carbonyl (C=O) groups excluding carboxylic acids is 1. The summed E-state index contributed by atoms with van der Waals surface area (Å²) in [6.07, 6.45) is 2.03. The van der Waals surface area contributed by atoms with E-state index in [0.29, 0.717) is 19.1 Å². The highest BCUT2D eigenvalue weighted by Crippen LogP contribution is 2.14. The number of carboxylic acids is 1. The Morgan fingerprint density at radius 1 is 1.37 bits per heavy atom. The van der Waals surface area contributed by atoms with E-state index >= 15 is 0 Å². The summed E-state index contributed by atoms with van der Waals surface area (Å²) in [6.45, 7) is 4.93. The second-order valence-electron chi connectivity index (χ2n) is 5.72. The Kier molecular flexibility index (Phi) is 5.60. The first-order valence-electron chi connectivity index (χ1n) is 6.77. The lowest BCUT2D eigenvalue weighted by Gasteiger charge is -2.36. The SMILES string of the molecule is CC(C)C(NC(=O)N1CCCC(N(C)C)C1)C(=O)O. The van der Waals surface area contributed by atoms with Gasteiger partial charge in [0.25, 0.3) is 0 Å². The van der Waals surface area contributed by atoms with Crippen molar-refractivity contribution in [3.05, 3.63) is 0 Å². The number of nitrogens with zero attached hydrogens (tertiary/aromatic N) is 2. The molecule has 0 bridgehead atoms. The molecule has 6 nitrogen and oxygen atoms in total. The monoisotopic (exact) mass is 271 g/mol. The van der Waals surface area contributed by atoms with E-state index in [4.69, 9.17) is 5.11 Å². The van der Waals surface area contributed by atoms with Crippen molar-refractivity contribution in [3.63, 3.8) is 0 Å². The molecule has 0 aromatic heterocycles. The molecule has 1 aliphatic rings. The lowest BCUT2D eigenvalue weighted by Crippen LogP contribution is -2.54. The molecular formula is C13H25N3O3. The Labute approximate surface area is 114 Å². The number of aliphatic carboxylic acids is 1. The lowest BCUT2D eigenvalue weighted by atomic mass is 10.0. The first-order chi connectivity index (χ1) is 8.82. The van der Waals surface area contributed by atoms with Gasteiger partial charge in [-0.2, -0.15) is 0 Å². The molecule has 19 heavy (non-hydrogen) atoms. The average Bonchev–Trinajstić information content (AvgIpc) is 2.34. The zero-order chi connectivity index (χ0) is 14.6. The van der Waals surface area contributed by atoms with Crippen molar-refractivity contribution in [2.45, 2.75) is 38.8 Å². The molecule has 6 heteroatoms. The third-order valence-corrected chi connectivity index (χ3v) is 3.63. The van der Waals surface area contributed by atoms with Crippen molar-refractivity contribution in [2.24, 2.45) is 5.92 Å². The number of nitrogens with one attached hydrogen (secondary N) is 1. The van der Waals surface area contributed by atoms with E-state index in [1.807, 2.05) is 14.1 Å². The van der Waals surface area contributed by atoms with E-state index < -0.39 is 12.0 Å². The minimum absolute atomic E-state index is 0.129. The molecule has 0 saturated carbocycles. The Bertz CT molecular complexity index is 331. The number of hydrogen-bond donors (Lipinski definition) is 2. The molecule has 1 fully saturated rings. The normalized spacial score (nSPS) is 21.6. The second-order valence-corrected chi connectivity index (χ2v) is 5.72. The molecule has 0 aromatic carbocycles. The summed E-state index contributed by atoms with van der Waals surface area (Å²) in [6, 6.07) is -0.748. The lowest BCUT2D eigenvalue weighted by molar-refractivity contribution is -0.140. The number of carboxylic acid groups (broad SMARTS) is 1. The molecular weight excluding hydrogens is 246 g/mol. The van der Waals surface area contributed by atoms with E-state index in [2.05, 4.69) is 10.2 Å². The van der Waals surface area contributed by atoms with Gasteiger partial charge in [0, 0.05) is 19.1 Å². The fourth-order valence-electron chi connectivity index (χ4n) is 2.30. The van der Waals surface area contributed by atoms with E-state index in [-0.39, 0.29) is 11.9 Å². The number of amides is 2. The minimum Gasteiger partial charge on any atom is -0.480 e. The average molecular weight is 271 g/mol. The molecule has 110 valence electrons. The topological polar surface area (TPSA) is 72.9 Å². The largest absolute Gasteiger partial charge is 0.480 e. The van der Waals surface area contributed by atoms with Crippen LogP contribution in [0.25, 0.3) is 0 Å². The van der Waals surface area contributed by atoms with Crippen LogP contribution in [0.3, 0.4) is 0 Å². The van der Waals surface area contributed by atoms with Gasteiger partial charge in [0.15, 0.2) is 0 Å². The van der Waals surface area contributed by atoms with Crippen molar-refractivity contribution < 1.29 is 14.7 Å². The fraction of sp³-hybridized carbons (Fsp3) is 0.846. The molecule has 1 saturated heterocycles. The van der Waals surface area contributed by atoms with Gasteiger partial charge in [0.05, 0.1) is 0 Å². The van der Waals surface area contributed by atoms with E-state index in [1.165, 1.54) is 0 Å². The van der Waals surface area contributed by atoms with Crippen LogP contribution in [0.2, 0.25) is 0 Å². The molecule has 2 N–H and O–H groups in total. The molecule has 1 heterocycles. The molecule has 0 aromatic rings. The highest BCUT2D eigenvalue weighted by molar-refractivity contribution is 5.82. The molecule has 0 aliphatic carbocycles. The molecule has 1 aliphatic heterocycles. The smallest absolute Gasteiger partial charge is 0.326 e. The van der Waals surface area contributed by atoms with Crippen LogP contribution >= 0.6 is 0 Å². The van der Waals surface area contributed by atoms with Gasteiger partial charge < -0.3 is 20.2 Å². The third kappa shape index (κ3) is 4.38. The Hall–Kier alpha value is -1.30. The quantitative estimate of drug-likeness (QED) is 0.794. The Morgan fingerprint density at radius 2 is 2.00 bits per heavy atom. The summed E-state index contributed by atoms with van der Waals surface area (Å²) in [5.74, 6) is -1.11. The number of rotatable bonds is 4. The number of piperidine rings is 1. The zero-order valence-electron chi connectivity index (χ0n) is 12.2. The molecule has 0 radical (unpaired) electrons. The predicted molar refractivity (Wildman–Crippen MR) is 73.1 cm³/mol. The highest BCUT2D eigenvalue weighted by atomic mass is 16.4. The van der Waals surface area contributed by atoms with Crippen molar-refractivity contribution in [2.75, 3.05) is 27.2 Å². The van der Waals surface area contributed by atoms with Gasteiger partial charge >= 0.3 is 12.0 Å². The van der Waals surface area contributed by atoms with E-state index in [9.17, 15) is 9.59 Å². The highest BCUT2D eigenvalue weighted by Gasteiger charge is 2.29. The first kappa shape index (κ1) is 15.8. The van der Waals surface area contributed by atoms with E-state index in [1.54, 1.807) is 18.7 Å².